The predicted molar refractivity (Wildman–Crippen MR) is 131 cm³/mol. The van der Waals surface area contributed by atoms with Gasteiger partial charge in [0.05, 0.1) is 19.2 Å². The number of nitrogens with zero attached hydrogens (tertiary/aromatic N) is 2. The van der Waals surface area contributed by atoms with Gasteiger partial charge in [-0.1, -0.05) is 48.0 Å². The molecule has 1 fully saturated rings. The number of rotatable bonds is 8. The van der Waals surface area contributed by atoms with Gasteiger partial charge in [0.25, 0.3) is 0 Å². The van der Waals surface area contributed by atoms with Gasteiger partial charge in [-0.2, -0.15) is 5.10 Å². The molecule has 4 rings (SSSR count). The van der Waals surface area contributed by atoms with Gasteiger partial charge in [0.15, 0.2) is 11.5 Å². The molecule has 1 N–H and O–H groups in total. The number of hydrazone groups is 1. The normalized spacial score (nSPS) is 15.5. The molecule has 0 unspecified atom stereocenters. The van der Waals surface area contributed by atoms with Gasteiger partial charge in [0.1, 0.15) is 6.61 Å². The van der Waals surface area contributed by atoms with E-state index in [1.807, 2.05) is 67.6 Å². The summed E-state index contributed by atoms with van der Waals surface area (Å²) in [4.78, 5) is 26.6. The lowest BCUT2D eigenvalue weighted by Gasteiger charge is -2.16. The average molecular weight is 458 g/mol. The summed E-state index contributed by atoms with van der Waals surface area (Å²) >= 11 is 0. The Kier molecular flexibility index (Phi) is 7.22. The number of nitrogens with one attached hydrogen (secondary N) is 1. The van der Waals surface area contributed by atoms with Crippen LogP contribution in [0.1, 0.15) is 23.1 Å². The number of carbonyl (C=O) groups is 2. The average Bonchev–Trinajstić information content (AvgIpc) is 3.25. The Balaban J connectivity index is 1.33. The number of amides is 2. The van der Waals surface area contributed by atoms with E-state index in [9.17, 15) is 9.59 Å². The van der Waals surface area contributed by atoms with Gasteiger partial charge >= 0.3 is 0 Å². The molecule has 1 heterocycles. The van der Waals surface area contributed by atoms with Gasteiger partial charge in [-0.05, 0) is 48.4 Å². The molecule has 0 radical (unpaired) electrons. The maximum absolute atomic E-state index is 12.6. The minimum atomic E-state index is -0.450. The Labute approximate surface area is 199 Å². The van der Waals surface area contributed by atoms with Crippen molar-refractivity contribution in [3.63, 3.8) is 0 Å². The van der Waals surface area contributed by atoms with E-state index in [1.54, 1.807) is 24.1 Å². The zero-order valence-electron chi connectivity index (χ0n) is 19.2. The zero-order valence-corrected chi connectivity index (χ0v) is 19.2. The zero-order chi connectivity index (χ0) is 23.9. The molecule has 0 bridgehead atoms. The molecule has 1 atom stereocenters. The summed E-state index contributed by atoms with van der Waals surface area (Å²) in [7, 11) is 1.57. The molecule has 3 aromatic rings. The second-order valence-electron chi connectivity index (χ2n) is 8.16. The Morgan fingerprint density at radius 3 is 2.59 bits per heavy atom. The highest BCUT2D eigenvalue weighted by atomic mass is 16.5. The lowest BCUT2D eigenvalue weighted by Crippen LogP contribution is -2.30. The van der Waals surface area contributed by atoms with Crippen molar-refractivity contribution in [2.75, 3.05) is 18.6 Å². The van der Waals surface area contributed by atoms with Crippen molar-refractivity contribution in [1.29, 1.82) is 0 Å². The van der Waals surface area contributed by atoms with Crippen LogP contribution < -0.4 is 19.8 Å². The summed E-state index contributed by atoms with van der Waals surface area (Å²) in [6.45, 7) is 2.76. The molecule has 2 amide bonds. The summed E-state index contributed by atoms with van der Waals surface area (Å²) in [5, 5.41) is 4.07. The monoisotopic (exact) mass is 457 g/mol. The molecule has 1 saturated heterocycles. The fourth-order valence-corrected chi connectivity index (χ4v) is 3.74. The smallest absolute Gasteiger partial charge is 0.245 e. The number of carbonyl (C=O) groups excluding carboxylic acids is 2. The van der Waals surface area contributed by atoms with Crippen molar-refractivity contribution < 1.29 is 19.1 Å². The van der Waals surface area contributed by atoms with Crippen LogP contribution in [0.2, 0.25) is 0 Å². The van der Waals surface area contributed by atoms with Crippen molar-refractivity contribution in [2.24, 2.45) is 11.0 Å². The van der Waals surface area contributed by atoms with E-state index in [0.29, 0.717) is 24.7 Å². The first-order valence-electron chi connectivity index (χ1n) is 11.1. The minimum absolute atomic E-state index is 0.0659. The first kappa shape index (κ1) is 23.0. The predicted octanol–water partition coefficient (Wildman–Crippen LogP) is 4.09. The number of anilines is 1. The van der Waals surface area contributed by atoms with Crippen molar-refractivity contribution in [3.05, 3.63) is 89.5 Å². The summed E-state index contributed by atoms with van der Waals surface area (Å²) in [5.74, 6) is 0.390. The largest absolute Gasteiger partial charge is 0.493 e. The maximum Gasteiger partial charge on any atom is 0.245 e. The minimum Gasteiger partial charge on any atom is -0.493 e. The topological polar surface area (TPSA) is 80.2 Å². The van der Waals surface area contributed by atoms with Crippen LogP contribution in [0.3, 0.4) is 0 Å². The molecule has 0 aromatic heterocycles. The molecule has 0 spiro atoms. The summed E-state index contributed by atoms with van der Waals surface area (Å²) in [5.41, 5.74) is 6.28. The van der Waals surface area contributed by atoms with E-state index in [4.69, 9.17) is 9.47 Å². The highest BCUT2D eigenvalue weighted by Gasteiger charge is 2.35. The third-order valence-corrected chi connectivity index (χ3v) is 5.65. The van der Waals surface area contributed by atoms with Crippen LogP contribution in [0.15, 0.2) is 77.9 Å². The van der Waals surface area contributed by atoms with E-state index < -0.39 is 5.92 Å². The summed E-state index contributed by atoms with van der Waals surface area (Å²) < 4.78 is 11.3. The first-order chi connectivity index (χ1) is 16.5. The van der Waals surface area contributed by atoms with E-state index in [-0.39, 0.29) is 18.2 Å². The van der Waals surface area contributed by atoms with E-state index in [2.05, 4.69) is 10.5 Å². The maximum atomic E-state index is 12.6. The molecule has 7 heteroatoms. The van der Waals surface area contributed by atoms with Crippen LogP contribution in [0.25, 0.3) is 0 Å². The third-order valence-electron chi connectivity index (χ3n) is 5.65. The molecular weight excluding hydrogens is 430 g/mol. The van der Waals surface area contributed by atoms with E-state index >= 15 is 0 Å². The number of aryl methyl sites for hydroxylation is 1. The molecule has 174 valence electrons. The van der Waals surface area contributed by atoms with Crippen molar-refractivity contribution in [3.8, 4) is 11.5 Å². The van der Waals surface area contributed by atoms with Crippen molar-refractivity contribution in [2.45, 2.75) is 20.0 Å². The van der Waals surface area contributed by atoms with Crippen LogP contribution >= 0.6 is 0 Å². The van der Waals surface area contributed by atoms with Gasteiger partial charge < -0.3 is 14.4 Å². The van der Waals surface area contributed by atoms with Crippen LogP contribution in [0.5, 0.6) is 11.5 Å². The van der Waals surface area contributed by atoms with Gasteiger partial charge in [0.2, 0.25) is 11.8 Å². The Hall–Kier alpha value is -4.13. The lowest BCUT2D eigenvalue weighted by molar-refractivity contribution is -0.126. The quantitative estimate of drug-likeness (QED) is 0.408. The number of ether oxygens (including phenoxy) is 2. The van der Waals surface area contributed by atoms with Gasteiger partial charge in [-0.15, -0.1) is 0 Å². The second kappa shape index (κ2) is 10.7. The van der Waals surface area contributed by atoms with E-state index in [0.717, 1.165) is 22.4 Å². The molecular formula is C27H27N3O4. The molecule has 1 aliphatic rings. The number of methoxy groups -OCH3 is 1. The van der Waals surface area contributed by atoms with Crippen LogP contribution in [-0.2, 0) is 16.2 Å². The highest BCUT2D eigenvalue weighted by molar-refractivity contribution is 6.00. The Bertz CT molecular complexity index is 1180. The van der Waals surface area contributed by atoms with Gasteiger partial charge in [-0.3, -0.25) is 9.59 Å². The second-order valence-corrected chi connectivity index (χ2v) is 8.16. The molecule has 34 heavy (non-hydrogen) atoms. The fraction of sp³-hybridized carbons (Fsp3) is 0.222. The fourth-order valence-electron chi connectivity index (χ4n) is 3.74. The molecule has 0 aliphatic carbocycles. The standard InChI is InChI=1S/C27H27N3O4/c1-19-8-11-23(12-9-19)30-17-22(15-26(30)31)27(32)29-28-16-21-10-13-24(25(14-21)33-2)34-18-20-6-4-3-5-7-20/h3-14,16,22H,15,17-18H2,1-2H3,(H,29,32)/b28-16+/t22-/m1/s1. The molecule has 1 aliphatic heterocycles. The Morgan fingerprint density at radius 1 is 1.09 bits per heavy atom. The third kappa shape index (κ3) is 5.61. The van der Waals surface area contributed by atoms with Crippen LogP contribution in [-0.4, -0.2) is 31.7 Å². The number of hydrogen-bond acceptors (Lipinski definition) is 5. The molecule has 3 aromatic carbocycles. The van der Waals surface area contributed by atoms with E-state index in [1.165, 1.54) is 6.21 Å². The van der Waals surface area contributed by atoms with Crippen molar-refractivity contribution >= 4 is 23.7 Å². The lowest BCUT2D eigenvalue weighted by atomic mass is 10.1. The summed E-state index contributed by atoms with van der Waals surface area (Å²) in [6.07, 6.45) is 1.70. The highest BCUT2D eigenvalue weighted by Crippen LogP contribution is 2.28. The SMILES string of the molecule is COc1cc(/C=N/NC(=O)[C@@H]2CC(=O)N(c3ccc(C)cc3)C2)ccc1OCc1ccccc1. The van der Waals surface area contributed by atoms with Gasteiger partial charge in [0, 0.05) is 18.7 Å². The van der Waals surface area contributed by atoms with Crippen LogP contribution in [0, 0.1) is 12.8 Å². The van der Waals surface area contributed by atoms with Crippen LogP contribution in [0.4, 0.5) is 5.69 Å². The van der Waals surface area contributed by atoms with Gasteiger partial charge in [-0.25, -0.2) is 5.43 Å². The number of benzene rings is 3. The Morgan fingerprint density at radius 2 is 1.85 bits per heavy atom. The first-order valence-corrected chi connectivity index (χ1v) is 11.1. The summed E-state index contributed by atoms with van der Waals surface area (Å²) in [6, 6.07) is 23.0. The van der Waals surface area contributed by atoms with Crippen molar-refractivity contribution in [1.82, 2.24) is 5.43 Å². The molecule has 0 saturated carbocycles. The number of hydrogen-bond donors (Lipinski definition) is 1. The molecule has 7 nitrogen and oxygen atoms in total.